The summed E-state index contributed by atoms with van der Waals surface area (Å²) in [6, 6.07) is 7.08. The summed E-state index contributed by atoms with van der Waals surface area (Å²) in [6.45, 7) is 11.8. The van der Waals surface area contributed by atoms with Gasteiger partial charge in [-0.1, -0.05) is 6.07 Å². The number of ether oxygens (including phenoxy) is 2. The van der Waals surface area contributed by atoms with Gasteiger partial charge >= 0.3 is 0 Å². The second-order valence-corrected chi connectivity index (χ2v) is 5.78. The third-order valence-electron chi connectivity index (χ3n) is 3.68. The SMILES string of the molecule is COc1ccc(CNCCN(C(C)C)C(C)C)c(OC)c1. The van der Waals surface area contributed by atoms with Gasteiger partial charge < -0.3 is 14.8 Å². The van der Waals surface area contributed by atoms with Crippen molar-refractivity contribution in [1.82, 2.24) is 10.2 Å². The fourth-order valence-corrected chi connectivity index (χ4v) is 2.54. The van der Waals surface area contributed by atoms with Gasteiger partial charge in [0.05, 0.1) is 14.2 Å². The average molecular weight is 294 g/mol. The van der Waals surface area contributed by atoms with E-state index in [1.807, 2.05) is 18.2 Å². The average Bonchev–Trinajstić information content (AvgIpc) is 2.46. The summed E-state index contributed by atoms with van der Waals surface area (Å²) in [4.78, 5) is 2.48. The summed E-state index contributed by atoms with van der Waals surface area (Å²) in [5.74, 6) is 1.69. The van der Waals surface area contributed by atoms with Gasteiger partial charge in [0.2, 0.25) is 0 Å². The number of methoxy groups -OCH3 is 2. The molecule has 4 heteroatoms. The summed E-state index contributed by atoms with van der Waals surface area (Å²) < 4.78 is 10.6. The van der Waals surface area contributed by atoms with E-state index in [4.69, 9.17) is 9.47 Å². The highest BCUT2D eigenvalue weighted by atomic mass is 16.5. The first kappa shape index (κ1) is 17.8. The zero-order valence-corrected chi connectivity index (χ0v) is 14.3. The van der Waals surface area contributed by atoms with Crippen molar-refractivity contribution in [2.75, 3.05) is 27.3 Å². The molecule has 120 valence electrons. The van der Waals surface area contributed by atoms with Crippen molar-refractivity contribution >= 4 is 0 Å². The summed E-state index contributed by atoms with van der Waals surface area (Å²) in [6.07, 6.45) is 0. The van der Waals surface area contributed by atoms with Gasteiger partial charge in [-0.3, -0.25) is 4.90 Å². The molecule has 0 heterocycles. The lowest BCUT2D eigenvalue weighted by molar-refractivity contribution is 0.175. The molecule has 1 rings (SSSR count). The van der Waals surface area contributed by atoms with Crippen molar-refractivity contribution < 1.29 is 9.47 Å². The molecule has 0 unspecified atom stereocenters. The molecule has 0 atom stereocenters. The lowest BCUT2D eigenvalue weighted by atomic mass is 10.2. The van der Waals surface area contributed by atoms with Crippen LogP contribution in [0.4, 0.5) is 0 Å². The van der Waals surface area contributed by atoms with Gasteiger partial charge in [-0.25, -0.2) is 0 Å². The van der Waals surface area contributed by atoms with Crippen LogP contribution in [0.1, 0.15) is 33.3 Å². The Kier molecular flexibility index (Phi) is 7.54. The van der Waals surface area contributed by atoms with Crippen LogP contribution >= 0.6 is 0 Å². The second kappa shape index (κ2) is 8.90. The topological polar surface area (TPSA) is 33.7 Å². The van der Waals surface area contributed by atoms with E-state index in [-0.39, 0.29) is 0 Å². The Morgan fingerprint density at radius 2 is 1.71 bits per heavy atom. The molecular weight excluding hydrogens is 264 g/mol. The maximum Gasteiger partial charge on any atom is 0.127 e. The second-order valence-electron chi connectivity index (χ2n) is 5.78. The first-order valence-corrected chi connectivity index (χ1v) is 7.67. The maximum absolute atomic E-state index is 5.41. The van der Waals surface area contributed by atoms with E-state index in [1.54, 1.807) is 14.2 Å². The Balaban J connectivity index is 2.49. The highest BCUT2D eigenvalue weighted by molar-refractivity contribution is 5.40. The van der Waals surface area contributed by atoms with Gasteiger partial charge in [-0.2, -0.15) is 0 Å². The van der Waals surface area contributed by atoms with Gasteiger partial charge in [0.1, 0.15) is 11.5 Å². The zero-order chi connectivity index (χ0) is 15.8. The summed E-state index contributed by atoms with van der Waals surface area (Å²) in [7, 11) is 3.36. The number of rotatable bonds is 9. The van der Waals surface area contributed by atoms with Crippen LogP contribution in [0, 0.1) is 0 Å². The highest BCUT2D eigenvalue weighted by Gasteiger charge is 2.12. The van der Waals surface area contributed by atoms with Crippen LogP contribution in [0.3, 0.4) is 0 Å². The number of hydrogen-bond donors (Lipinski definition) is 1. The lowest BCUT2D eigenvalue weighted by Crippen LogP contribution is -2.41. The third-order valence-corrected chi connectivity index (χ3v) is 3.68. The number of hydrogen-bond acceptors (Lipinski definition) is 4. The van der Waals surface area contributed by atoms with Crippen LogP contribution < -0.4 is 14.8 Å². The Morgan fingerprint density at radius 3 is 2.24 bits per heavy atom. The monoisotopic (exact) mass is 294 g/mol. The molecule has 0 aliphatic rings. The van der Waals surface area contributed by atoms with Crippen LogP contribution in [0.25, 0.3) is 0 Å². The van der Waals surface area contributed by atoms with Gasteiger partial charge in [-0.05, 0) is 33.8 Å². The maximum atomic E-state index is 5.41. The molecular formula is C17H30N2O2. The molecule has 1 aromatic carbocycles. The molecule has 0 aliphatic carbocycles. The van der Waals surface area contributed by atoms with E-state index in [0.717, 1.165) is 36.7 Å². The van der Waals surface area contributed by atoms with Crippen molar-refractivity contribution in [3.63, 3.8) is 0 Å². The molecule has 1 aromatic rings. The minimum atomic E-state index is 0.572. The number of benzene rings is 1. The molecule has 1 N–H and O–H groups in total. The summed E-state index contributed by atoms with van der Waals surface area (Å²) >= 11 is 0. The van der Waals surface area contributed by atoms with E-state index in [0.29, 0.717) is 12.1 Å². The van der Waals surface area contributed by atoms with E-state index < -0.39 is 0 Å². The van der Waals surface area contributed by atoms with Crippen molar-refractivity contribution in [1.29, 1.82) is 0 Å². The van der Waals surface area contributed by atoms with Crippen molar-refractivity contribution in [3.8, 4) is 11.5 Å². The van der Waals surface area contributed by atoms with Crippen molar-refractivity contribution in [2.24, 2.45) is 0 Å². The van der Waals surface area contributed by atoms with Crippen LogP contribution in [-0.4, -0.2) is 44.3 Å². The molecule has 21 heavy (non-hydrogen) atoms. The fourth-order valence-electron chi connectivity index (χ4n) is 2.54. The van der Waals surface area contributed by atoms with Crippen LogP contribution in [0.2, 0.25) is 0 Å². The first-order valence-electron chi connectivity index (χ1n) is 7.67. The van der Waals surface area contributed by atoms with Crippen molar-refractivity contribution in [2.45, 2.75) is 46.3 Å². The Hall–Kier alpha value is -1.26. The van der Waals surface area contributed by atoms with E-state index >= 15 is 0 Å². The van der Waals surface area contributed by atoms with E-state index in [9.17, 15) is 0 Å². The molecule has 0 saturated heterocycles. The Bertz CT molecular complexity index is 411. The largest absolute Gasteiger partial charge is 0.497 e. The van der Waals surface area contributed by atoms with E-state index in [1.165, 1.54) is 0 Å². The smallest absolute Gasteiger partial charge is 0.127 e. The number of nitrogens with one attached hydrogen (secondary N) is 1. The third kappa shape index (κ3) is 5.56. The van der Waals surface area contributed by atoms with E-state index in [2.05, 4.69) is 37.9 Å². The molecule has 0 aromatic heterocycles. The molecule has 0 fully saturated rings. The molecule has 0 bridgehead atoms. The predicted molar refractivity (Wildman–Crippen MR) is 88.2 cm³/mol. The molecule has 0 aliphatic heterocycles. The van der Waals surface area contributed by atoms with Crippen molar-refractivity contribution in [3.05, 3.63) is 23.8 Å². The molecule has 4 nitrogen and oxygen atoms in total. The fraction of sp³-hybridized carbons (Fsp3) is 0.647. The van der Waals surface area contributed by atoms with Crippen LogP contribution in [0.15, 0.2) is 18.2 Å². The number of nitrogens with zero attached hydrogens (tertiary/aromatic N) is 1. The zero-order valence-electron chi connectivity index (χ0n) is 14.3. The van der Waals surface area contributed by atoms with Crippen LogP contribution in [-0.2, 0) is 6.54 Å². The lowest BCUT2D eigenvalue weighted by Gasteiger charge is -2.30. The molecule has 0 radical (unpaired) electrons. The van der Waals surface area contributed by atoms with Gasteiger partial charge in [0, 0.05) is 43.3 Å². The summed E-state index contributed by atoms with van der Waals surface area (Å²) in [5, 5.41) is 3.49. The first-order chi connectivity index (χ1) is 9.99. The standard InChI is InChI=1S/C17H30N2O2/c1-13(2)19(14(3)4)10-9-18-12-15-7-8-16(20-5)11-17(15)21-6/h7-8,11,13-14,18H,9-10,12H2,1-6H3. The van der Waals surface area contributed by atoms with Gasteiger partial charge in [0.25, 0.3) is 0 Å². The molecule has 0 saturated carbocycles. The normalized spacial score (nSPS) is 11.5. The summed E-state index contributed by atoms with van der Waals surface area (Å²) in [5.41, 5.74) is 1.15. The highest BCUT2D eigenvalue weighted by Crippen LogP contribution is 2.24. The predicted octanol–water partition coefficient (Wildman–Crippen LogP) is 2.91. The van der Waals surface area contributed by atoms with Crippen LogP contribution in [0.5, 0.6) is 11.5 Å². The quantitative estimate of drug-likeness (QED) is 0.710. The minimum absolute atomic E-state index is 0.572. The minimum Gasteiger partial charge on any atom is -0.497 e. The van der Waals surface area contributed by atoms with Gasteiger partial charge in [0.15, 0.2) is 0 Å². The van der Waals surface area contributed by atoms with Gasteiger partial charge in [-0.15, -0.1) is 0 Å². The molecule has 0 spiro atoms. The molecule has 0 amide bonds. The Labute approximate surface area is 129 Å². The Morgan fingerprint density at radius 1 is 1.05 bits per heavy atom.